The van der Waals surface area contributed by atoms with Crippen LogP contribution in [-0.4, -0.2) is 83.8 Å². The summed E-state index contributed by atoms with van der Waals surface area (Å²) in [4.78, 5) is 51.4. The molecule has 2 atom stereocenters. The number of anilines is 1. The van der Waals surface area contributed by atoms with Crippen LogP contribution in [0.15, 0.2) is 18.7 Å². The van der Waals surface area contributed by atoms with Crippen molar-refractivity contribution in [1.29, 1.82) is 0 Å². The number of aromatic nitrogens is 6. The van der Waals surface area contributed by atoms with E-state index in [1.54, 1.807) is 36.3 Å². The number of fused-ring (bicyclic) bond motifs is 1. The summed E-state index contributed by atoms with van der Waals surface area (Å²) < 4.78 is 2.01. The van der Waals surface area contributed by atoms with Gasteiger partial charge in [0.15, 0.2) is 17.0 Å². The molecule has 0 aromatic carbocycles. The van der Waals surface area contributed by atoms with Crippen LogP contribution in [0, 0.1) is 12.8 Å². The smallest absolute Gasteiger partial charge is 0.244 e. The summed E-state index contributed by atoms with van der Waals surface area (Å²) in [6.07, 6.45) is 7.36. The number of nitrogens with one attached hydrogen (secondary N) is 1. The minimum absolute atomic E-state index is 0.0527. The number of amides is 2. The minimum atomic E-state index is -0.466. The van der Waals surface area contributed by atoms with Gasteiger partial charge in [-0.1, -0.05) is 0 Å². The first-order valence-corrected chi connectivity index (χ1v) is 11.7. The van der Waals surface area contributed by atoms with E-state index in [9.17, 15) is 9.59 Å². The Bertz CT molecular complexity index is 1210. The number of carbonyl (C=O) groups is 2. The first-order chi connectivity index (χ1) is 16.4. The van der Waals surface area contributed by atoms with Gasteiger partial charge in [0, 0.05) is 51.5 Å². The summed E-state index contributed by atoms with van der Waals surface area (Å²) in [6, 6.07) is -0.584. The second-order valence-corrected chi connectivity index (χ2v) is 9.18. The molecule has 2 fully saturated rings. The lowest BCUT2D eigenvalue weighted by Gasteiger charge is -2.26. The van der Waals surface area contributed by atoms with Crippen molar-refractivity contribution in [3.63, 3.8) is 0 Å². The molecule has 1 unspecified atom stereocenters. The first-order valence-electron chi connectivity index (χ1n) is 11.7. The quantitative estimate of drug-likeness (QED) is 0.584. The molecule has 0 spiro atoms. The fraction of sp³-hybridized carbons (Fsp3) is 0.522. The molecular formula is C23H29N9O2. The number of hydrogen-bond donors (Lipinski definition) is 1. The van der Waals surface area contributed by atoms with Crippen molar-refractivity contribution >= 4 is 28.8 Å². The number of carbonyl (C=O) groups excluding carboxylic acids is 2. The van der Waals surface area contributed by atoms with E-state index in [1.807, 2.05) is 18.4 Å². The van der Waals surface area contributed by atoms with Crippen molar-refractivity contribution in [3.8, 4) is 11.4 Å². The van der Waals surface area contributed by atoms with Gasteiger partial charge in [0.2, 0.25) is 11.8 Å². The van der Waals surface area contributed by atoms with E-state index < -0.39 is 6.04 Å². The van der Waals surface area contributed by atoms with Crippen LogP contribution in [0.3, 0.4) is 0 Å². The van der Waals surface area contributed by atoms with Gasteiger partial charge in [-0.25, -0.2) is 24.9 Å². The predicted octanol–water partition coefficient (Wildman–Crippen LogP) is 1.49. The molecule has 1 N–H and O–H groups in total. The van der Waals surface area contributed by atoms with Crippen molar-refractivity contribution in [2.75, 3.05) is 26.0 Å². The van der Waals surface area contributed by atoms with Gasteiger partial charge in [0.25, 0.3) is 0 Å². The number of likely N-dealkylation sites (tertiary alicyclic amines) is 1. The Morgan fingerprint density at radius 1 is 1.15 bits per heavy atom. The fourth-order valence-electron chi connectivity index (χ4n) is 4.54. The number of imidazole rings is 1. The average Bonchev–Trinajstić information content (AvgIpc) is 3.49. The van der Waals surface area contributed by atoms with Crippen LogP contribution in [0.5, 0.6) is 0 Å². The Kier molecular flexibility index (Phi) is 5.62. The Hall–Kier alpha value is -3.63. The van der Waals surface area contributed by atoms with E-state index in [1.165, 1.54) is 6.33 Å². The second kappa shape index (κ2) is 8.62. The van der Waals surface area contributed by atoms with E-state index in [4.69, 9.17) is 4.98 Å². The van der Waals surface area contributed by atoms with Crippen molar-refractivity contribution < 1.29 is 9.59 Å². The molecule has 1 aliphatic heterocycles. The molecule has 0 bridgehead atoms. The van der Waals surface area contributed by atoms with Crippen LogP contribution in [0.4, 0.5) is 5.82 Å². The molecule has 2 amide bonds. The normalized spacial score (nSPS) is 20.1. The van der Waals surface area contributed by atoms with Crippen molar-refractivity contribution in [2.45, 2.75) is 51.7 Å². The average molecular weight is 464 g/mol. The van der Waals surface area contributed by atoms with Crippen molar-refractivity contribution in [1.82, 2.24) is 39.3 Å². The molecule has 11 nitrogen and oxygen atoms in total. The lowest BCUT2D eigenvalue weighted by Crippen LogP contribution is -2.46. The maximum Gasteiger partial charge on any atom is 0.244 e. The zero-order valence-corrected chi connectivity index (χ0v) is 19.9. The van der Waals surface area contributed by atoms with Gasteiger partial charge in [0.05, 0.1) is 5.56 Å². The van der Waals surface area contributed by atoms with E-state index in [2.05, 4.69) is 25.3 Å². The van der Waals surface area contributed by atoms with Gasteiger partial charge in [-0.15, -0.1) is 0 Å². The molecule has 178 valence electrons. The summed E-state index contributed by atoms with van der Waals surface area (Å²) in [5.41, 5.74) is 2.15. The molecule has 0 radical (unpaired) electrons. The van der Waals surface area contributed by atoms with Crippen molar-refractivity contribution in [2.24, 2.45) is 5.92 Å². The van der Waals surface area contributed by atoms with Crippen LogP contribution in [-0.2, 0) is 16.1 Å². The molecule has 1 aliphatic carbocycles. The zero-order valence-electron chi connectivity index (χ0n) is 19.9. The number of aryl methyl sites for hydroxylation is 2. The van der Waals surface area contributed by atoms with E-state index in [-0.39, 0.29) is 23.8 Å². The van der Waals surface area contributed by atoms with E-state index in [0.717, 1.165) is 24.2 Å². The summed E-state index contributed by atoms with van der Waals surface area (Å²) in [5, 5.41) is 3.45. The first kappa shape index (κ1) is 22.2. The maximum atomic E-state index is 12.9. The number of hydrogen-bond acceptors (Lipinski definition) is 8. The van der Waals surface area contributed by atoms with Crippen LogP contribution >= 0.6 is 0 Å². The van der Waals surface area contributed by atoms with Crippen LogP contribution in [0.1, 0.15) is 32.0 Å². The maximum absolute atomic E-state index is 12.9. The number of rotatable bonds is 6. The van der Waals surface area contributed by atoms with Gasteiger partial charge < -0.3 is 19.7 Å². The number of nitrogens with zero attached hydrogens (tertiary/aromatic N) is 8. The molecular weight excluding hydrogens is 434 g/mol. The lowest BCUT2D eigenvalue weighted by atomic mass is 10.1. The third kappa shape index (κ3) is 3.95. The van der Waals surface area contributed by atoms with Gasteiger partial charge in [-0.05, 0) is 33.1 Å². The molecule has 1 saturated carbocycles. The van der Waals surface area contributed by atoms with Crippen LogP contribution in [0.25, 0.3) is 22.6 Å². The molecule has 34 heavy (non-hydrogen) atoms. The Balaban J connectivity index is 1.46. The third-order valence-electron chi connectivity index (χ3n) is 6.46. The minimum Gasteiger partial charge on any atom is -0.363 e. The summed E-state index contributed by atoms with van der Waals surface area (Å²) in [5.74, 6) is 2.09. The fourth-order valence-corrected chi connectivity index (χ4v) is 4.54. The third-order valence-corrected chi connectivity index (χ3v) is 6.46. The Morgan fingerprint density at radius 3 is 2.53 bits per heavy atom. The molecule has 2 aliphatic rings. The molecule has 3 aromatic rings. The highest BCUT2D eigenvalue weighted by molar-refractivity contribution is 5.90. The van der Waals surface area contributed by atoms with Crippen LogP contribution < -0.4 is 5.32 Å². The molecule has 3 aromatic heterocycles. The van der Waals surface area contributed by atoms with Gasteiger partial charge in [-0.2, -0.15) is 0 Å². The van der Waals surface area contributed by atoms with Crippen molar-refractivity contribution in [3.05, 3.63) is 24.5 Å². The number of likely N-dealkylation sites (N-methyl/N-ethyl adjacent to an activating group) is 1. The molecule has 5 rings (SSSR count). The monoisotopic (exact) mass is 463 g/mol. The second-order valence-electron chi connectivity index (χ2n) is 9.18. The highest BCUT2D eigenvalue weighted by atomic mass is 16.2. The lowest BCUT2D eigenvalue weighted by molar-refractivity contribution is -0.143. The van der Waals surface area contributed by atoms with Gasteiger partial charge in [-0.3, -0.25) is 9.59 Å². The summed E-state index contributed by atoms with van der Waals surface area (Å²) in [7, 11) is 3.45. The van der Waals surface area contributed by atoms with E-state index in [0.29, 0.717) is 42.3 Å². The highest BCUT2D eigenvalue weighted by Gasteiger charge is 2.44. The molecule has 11 heteroatoms. The SMILES string of the molecule is CCn1c(-c2cnc(C)nc2)nc2c(N[C@H]3CC(C(=O)N(C)C)N(C(=O)C4CC4)C3)ncnc21. The Labute approximate surface area is 197 Å². The highest BCUT2D eigenvalue weighted by Crippen LogP contribution is 2.35. The molecule has 4 heterocycles. The molecule has 1 saturated heterocycles. The Morgan fingerprint density at radius 2 is 1.88 bits per heavy atom. The van der Waals surface area contributed by atoms with Crippen LogP contribution in [0.2, 0.25) is 0 Å². The van der Waals surface area contributed by atoms with E-state index >= 15 is 0 Å². The summed E-state index contributed by atoms with van der Waals surface area (Å²) in [6.45, 7) is 5.00. The largest absolute Gasteiger partial charge is 0.363 e. The van der Waals surface area contributed by atoms with Gasteiger partial charge in [0.1, 0.15) is 24.0 Å². The predicted molar refractivity (Wildman–Crippen MR) is 126 cm³/mol. The van der Waals surface area contributed by atoms with Gasteiger partial charge >= 0.3 is 0 Å². The standard InChI is InChI=1S/C23H29N9O2/c1-5-31-20(15-9-24-13(2)25-10-15)29-18-19(26-12-27-21(18)31)28-16-8-17(23(34)30(3)4)32(11-16)22(33)14-6-7-14/h9-10,12,14,16-17H,5-8,11H2,1-4H3,(H,26,27,28)/t16-,17?/m0/s1. The zero-order chi connectivity index (χ0) is 24.0. The topological polar surface area (TPSA) is 122 Å². The summed E-state index contributed by atoms with van der Waals surface area (Å²) >= 11 is 0.